The zero-order valence-electron chi connectivity index (χ0n) is 13.7. The van der Waals surface area contributed by atoms with Crippen LogP contribution in [-0.2, 0) is 14.3 Å². The van der Waals surface area contributed by atoms with Crippen molar-refractivity contribution in [1.82, 2.24) is 10.2 Å². The van der Waals surface area contributed by atoms with Gasteiger partial charge in [0.25, 0.3) is 0 Å². The molecular formula is C16H30N2O3. The second kappa shape index (κ2) is 7.56. The highest BCUT2D eigenvalue weighted by Crippen LogP contribution is 2.41. The van der Waals surface area contributed by atoms with Gasteiger partial charge in [-0.05, 0) is 52.1 Å². The van der Waals surface area contributed by atoms with Gasteiger partial charge in [0.2, 0.25) is 0 Å². The van der Waals surface area contributed by atoms with Crippen LogP contribution < -0.4 is 5.32 Å². The van der Waals surface area contributed by atoms with E-state index in [0.29, 0.717) is 25.2 Å². The van der Waals surface area contributed by atoms with E-state index in [0.717, 1.165) is 45.4 Å². The molecular weight excluding hydrogens is 268 g/mol. The SMILES string of the molecule is CCNC(CN(C)CC1CCCO1)(C(=O)OCC)C1CC1. The molecule has 2 unspecified atom stereocenters. The average Bonchev–Trinajstić information content (AvgIpc) is 3.18. The lowest BCUT2D eigenvalue weighted by atomic mass is 9.92. The first-order chi connectivity index (χ1) is 10.1. The van der Waals surface area contributed by atoms with Gasteiger partial charge < -0.3 is 19.7 Å². The summed E-state index contributed by atoms with van der Waals surface area (Å²) in [4.78, 5) is 14.8. The molecule has 2 atom stereocenters. The van der Waals surface area contributed by atoms with E-state index in [-0.39, 0.29) is 5.97 Å². The van der Waals surface area contributed by atoms with Crippen molar-refractivity contribution in [2.45, 2.75) is 51.2 Å². The van der Waals surface area contributed by atoms with Crippen LogP contribution in [0.2, 0.25) is 0 Å². The van der Waals surface area contributed by atoms with Crippen LogP contribution >= 0.6 is 0 Å². The van der Waals surface area contributed by atoms with E-state index in [9.17, 15) is 4.79 Å². The van der Waals surface area contributed by atoms with Crippen molar-refractivity contribution in [2.75, 3.05) is 39.9 Å². The third kappa shape index (κ3) is 4.18. The number of nitrogens with one attached hydrogen (secondary N) is 1. The zero-order chi connectivity index (χ0) is 15.3. The molecule has 0 bridgehead atoms. The predicted octanol–water partition coefficient (Wildman–Crippen LogP) is 1.42. The van der Waals surface area contributed by atoms with E-state index >= 15 is 0 Å². The lowest BCUT2D eigenvalue weighted by Crippen LogP contribution is -2.61. The molecule has 1 saturated carbocycles. The number of hydrogen-bond donors (Lipinski definition) is 1. The van der Waals surface area contributed by atoms with Gasteiger partial charge >= 0.3 is 5.97 Å². The average molecular weight is 298 g/mol. The molecule has 21 heavy (non-hydrogen) atoms. The Balaban J connectivity index is 2.01. The fourth-order valence-electron chi connectivity index (χ4n) is 3.41. The molecule has 1 saturated heterocycles. The van der Waals surface area contributed by atoms with Crippen molar-refractivity contribution in [3.05, 3.63) is 0 Å². The molecule has 1 aliphatic carbocycles. The number of ether oxygens (including phenoxy) is 2. The molecule has 5 nitrogen and oxygen atoms in total. The van der Waals surface area contributed by atoms with Crippen molar-refractivity contribution in [2.24, 2.45) is 5.92 Å². The van der Waals surface area contributed by atoms with Gasteiger partial charge in [0.05, 0.1) is 12.7 Å². The van der Waals surface area contributed by atoms with E-state index in [1.165, 1.54) is 0 Å². The van der Waals surface area contributed by atoms with Crippen LogP contribution in [0.5, 0.6) is 0 Å². The van der Waals surface area contributed by atoms with E-state index in [1.54, 1.807) is 0 Å². The maximum atomic E-state index is 12.6. The summed E-state index contributed by atoms with van der Waals surface area (Å²) >= 11 is 0. The van der Waals surface area contributed by atoms with Gasteiger partial charge in [-0.2, -0.15) is 0 Å². The maximum Gasteiger partial charge on any atom is 0.327 e. The van der Waals surface area contributed by atoms with E-state index in [4.69, 9.17) is 9.47 Å². The minimum absolute atomic E-state index is 0.0893. The standard InChI is InChI=1S/C16H30N2O3/c1-4-17-16(13-8-9-13,15(19)20-5-2)12-18(3)11-14-7-6-10-21-14/h13-14,17H,4-12H2,1-3H3. The van der Waals surface area contributed by atoms with E-state index in [1.807, 2.05) is 6.92 Å². The van der Waals surface area contributed by atoms with Crippen LogP contribution in [-0.4, -0.2) is 62.4 Å². The summed E-state index contributed by atoms with van der Waals surface area (Å²) in [6.45, 7) is 7.60. The minimum Gasteiger partial charge on any atom is -0.465 e. The molecule has 2 rings (SSSR count). The lowest BCUT2D eigenvalue weighted by molar-refractivity contribution is -0.153. The van der Waals surface area contributed by atoms with Gasteiger partial charge in [0, 0.05) is 19.7 Å². The maximum absolute atomic E-state index is 12.6. The fourth-order valence-corrected chi connectivity index (χ4v) is 3.41. The van der Waals surface area contributed by atoms with Crippen LogP contribution in [0, 0.1) is 5.92 Å². The Kier molecular flexibility index (Phi) is 6.02. The van der Waals surface area contributed by atoms with Gasteiger partial charge in [-0.15, -0.1) is 0 Å². The first-order valence-corrected chi connectivity index (χ1v) is 8.34. The second-order valence-electron chi connectivity index (χ2n) is 6.33. The van der Waals surface area contributed by atoms with Crippen molar-refractivity contribution in [3.63, 3.8) is 0 Å². The van der Waals surface area contributed by atoms with Crippen molar-refractivity contribution >= 4 is 5.97 Å². The molecule has 1 N–H and O–H groups in total. The van der Waals surface area contributed by atoms with Crippen LogP contribution in [0.1, 0.15) is 39.5 Å². The van der Waals surface area contributed by atoms with Gasteiger partial charge in [-0.1, -0.05) is 6.92 Å². The quantitative estimate of drug-likeness (QED) is 0.652. The zero-order valence-corrected chi connectivity index (χ0v) is 13.7. The van der Waals surface area contributed by atoms with Crippen LogP contribution in [0.25, 0.3) is 0 Å². The highest BCUT2D eigenvalue weighted by atomic mass is 16.5. The third-order valence-electron chi connectivity index (χ3n) is 4.46. The lowest BCUT2D eigenvalue weighted by Gasteiger charge is -2.36. The molecule has 0 aromatic carbocycles. The summed E-state index contributed by atoms with van der Waals surface area (Å²) in [6, 6.07) is 0. The van der Waals surface area contributed by atoms with Crippen molar-refractivity contribution in [1.29, 1.82) is 0 Å². The molecule has 5 heteroatoms. The molecule has 1 heterocycles. The van der Waals surface area contributed by atoms with Crippen molar-refractivity contribution in [3.8, 4) is 0 Å². The molecule has 0 spiro atoms. The topological polar surface area (TPSA) is 50.8 Å². The molecule has 0 amide bonds. The number of carbonyl (C=O) groups is 1. The molecule has 122 valence electrons. The van der Waals surface area contributed by atoms with Gasteiger partial charge in [0.1, 0.15) is 5.54 Å². The predicted molar refractivity (Wildman–Crippen MR) is 82.2 cm³/mol. The van der Waals surface area contributed by atoms with E-state index in [2.05, 4.69) is 24.2 Å². The third-order valence-corrected chi connectivity index (χ3v) is 4.46. The number of nitrogens with zero attached hydrogens (tertiary/aromatic N) is 1. The fraction of sp³-hybridized carbons (Fsp3) is 0.938. The highest BCUT2D eigenvalue weighted by Gasteiger charge is 2.52. The number of carbonyl (C=O) groups excluding carboxylic acids is 1. The normalized spacial score (nSPS) is 25.0. The van der Waals surface area contributed by atoms with Gasteiger partial charge in [0.15, 0.2) is 0 Å². The summed E-state index contributed by atoms with van der Waals surface area (Å²) < 4.78 is 11.1. The summed E-state index contributed by atoms with van der Waals surface area (Å²) in [7, 11) is 2.08. The Hall–Kier alpha value is -0.650. The second-order valence-corrected chi connectivity index (χ2v) is 6.33. The summed E-state index contributed by atoms with van der Waals surface area (Å²) in [6.07, 6.45) is 4.81. The Morgan fingerprint density at radius 1 is 1.38 bits per heavy atom. The first kappa shape index (κ1) is 16.7. The highest BCUT2D eigenvalue weighted by molar-refractivity contribution is 5.82. The van der Waals surface area contributed by atoms with Gasteiger partial charge in [-0.3, -0.25) is 0 Å². The first-order valence-electron chi connectivity index (χ1n) is 8.34. The summed E-state index contributed by atoms with van der Waals surface area (Å²) in [5.41, 5.74) is -0.544. The molecule has 1 aliphatic heterocycles. The largest absolute Gasteiger partial charge is 0.465 e. The number of likely N-dealkylation sites (N-methyl/N-ethyl adjacent to an activating group) is 2. The Morgan fingerprint density at radius 2 is 2.14 bits per heavy atom. The molecule has 2 fully saturated rings. The summed E-state index contributed by atoms with van der Waals surface area (Å²) in [5, 5.41) is 3.44. The van der Waals surface area contributed by atoms with Crippen LogP contribution in [0.15, 0.2) is 0 Å². The van der Waals surface area contributed by atoms with E-state index < -0.39 is 5.54 Å². The monoisotopic (exact) mass is 298 g/mol. The van der Waals surface area contributed by atoms with Crippen LogP contribution in [0.4, 0.5) is 0 Å². The Morgan fingerprint density at radius 3 is 2.67 bits per heavy atom. The molecule has 0 aromatic heterocycles. The Bertz CT molecular complexity index is 340. The van der Waals surface area contributed by atoms with Gasteiger partial charge in [-0.25, -0.2) is 4.79 Å². The summed E-state index contributed by atoms with van der Waals surface area (Å²) in [5.74, 6) is 0.317. The Labute approximate surface area is 128 Å². The van der Waals surface area contributed by atoms with Crippen molar-refractivity contribution < 1.29 is 14.3 Å². The number of hydrogen-bond acceptors (Lipinski definition) is 5. The smallest absolute Gasteiger partial charge is 0.327 e. The molecule has 0 aromatic rings. The molecule has 2 aliphatic rings. The molecule has 0 radical (unpaired) electrons. The van der Waals surface area contributed by atoms with Crippen LogP contribution in [0.3, 0.4) is 0 Å². The number of esters is 1. The number of rotatable bonds is 9. The minimum atomic E-state index is -0.544.